The van der Waals surface area contributed by atoms with E-state index in [0.29, 0.717) is 18.5 Å². The summed E-state index contributed by atoms with van der Waals surface area (Å²) >= 11 is 0. The summed E-state index contributed by atoms with van der Waals surface area (Å²) in [5, 5.41) is 6.85. The fourth-order valence-corrected chi connectivity index (χ4v) is 2.34. The van der Waals surface area contributed by atoms with Crippen molar-refractivity contribution in [3.8, 4) is 0 Å². The summed E-state index contributed by atoms with van der Waals surface area (Å²) < 4.78 is 15.2. The number of nitrogens with one attached hydrogen (secondary N) is 1. The first-order valence-corrected chi connectivity index (χ1v) is 7.67. The zero-order chi connectivity index (χ0) is 16.8. The van der Waals surface area contributed by atoms with Gasteiger partial charge in [-0.1, -0.05) is 48.5 Å². The highest BCUT2D eigenvalue weighted by molar-refractivity contribution is 5.88. The Morgan fingerprint density at radius 1 is 1.08 bits per heavy atom. The average molecular weight is 324 g/mol. The van der Waals surface area contributed by atoms with Gasteiger partial charge in [0.1, 0.15) is 12.1 Å². The molecule has 0 unspecified atom stereocenters. The summed E-state index contributed by atoms with van der Waals surface area (Å²) in [5.74, 6) is -0.282. The van der Waals surface area contributed by atoms with Crippen molar-refractivity contribution in [3.63, 3.8) is 0 Å². The Labute approximate surface area is 139 Å². The molecule has 1 heterocycles. The van der Waals surface area contributed by atoms with Crippen LogP contribution >= 0.6 is 0 Å². The van der Waals surface area contributed by atoms with Gasteiger partial charge in [0.25, 0.3) is 0 Å². The molecule has 1 aromatic heterocycles. The van der Waals surface area contributed by atoms with Crippen molar-refractivity contribution in [2.75, 3.05) is 5.32 Å². The SMILES string of the molecule is O=C(CCc1ccccc1F)Nc1ncn(Cc2ccccc2)n1. The van der Waals surface area contributed by atoms with E-state index in [-0.39, 0.29) is 24.1 Å². The maximum atomic E-state index is 13.5. The largest absolute Gasteiger partial charge is 0.293 e. The minimum atomic E-state index is -0.296. The van der Waals surface area contributed by atoms with Gasteiger partial charge in [0.15, 0.2) is 0 Å². The summed E-state index contributed by atoms with van der Waals surface area (Å²) in [6, 6.07) is 16.3. The lowest BCUT2D eigenvalue weighted by atomic mass is 10.1. The van der Waals surface area contributed by atoms with Crippen molar-refractivity contribution in [2.24, 2.45) is 0 Å². The van der Waals surface area contributed by atoms with Crippen LogP contribution in [-0.4, -0.2) is 20.7 Å². The third kappa shape index (κ3) is 4.25. The van der Waals surface area contributed by atoms with Crippen LogP contribution in [0.1, 0.15) is 17.5 Å². The lowest BCUT2D eigenvalue weighted by Gasteiger charge is -2.03. The zero-order valence-corrected chi connectivity index (χ0v) is 13.0. The molecule has 3 aromatic rings. The van der Waals surface area contributed by atoms with Crippen LogP contribution in [0.15, 0.2) is 60.9 Å². The van der Waals surface area contributed by atoms with Crippen molar-refractivity contribution in [2.45, 2.75) is 19.4 Å². The number of nitrogens with zero attached hydrogens (tertiary/aromatic N) is 3. The molecule has 0 spiro atoms. The molecule has 0 radical (unpaired) electrons. The molecule has 0 bridgehead atoms. The van der Waals surface area contributed by atoms with E-state index < -0.39 is 0 Å². The highest BCUT2D eigenvalue weighted by Gasteiger charge is 2.09. The number of amides is 1. The summed E-state index contributed by atoms with van der Waals surface area (Å²) in [7, 11) is 0. The van der Waals surface area contributed by atoms with Crippen molar-refractivity contribution in [3.05, 3.63) is 77.9 Å². The van der Waals surface area contributed by atoms with Gasteiger partial charge < -0.3 is 0 Å². The minimum Gasteiger partial charge on any atom is -0.293 e. The van der Waals surface area contributed by atoms with Crippen LogP contribution in [0.5, 0.6) is 0 Å². The van der Waals surface area contributed by atoms with Crippen molar-refractivity contribution >= 4 is 11.9 Å². The molecule has 0 fully saturated rings. The first-order valence-electron chi connectivity index (χ1n) is 7.67. The average Bonchev–Trinajstić information content (AvgIpc) is 3.02. The Bertz CT molecular complexity index is 817. The first-order chi connectivity index (χ1) is 11.7. The first kappa shape index (κ1) is 15.9. The van der Waals surface area contributed by atoms with Crippen LogP contribution < -0.4 is 5.32 Å². The van der Waals surface area contributed by atoms with Gasteiger partial charge in [0.2, 0.25) is 11.9 Å². The standard InChI is InChI=1S/C18H17FN4O/c19-16-9-5-4-8-15(16)10-11-17(24)21-18-20-13-23(22-18)12-14-6-2-1-3-7-14/h1-9,13H,10-12H2,(H,21,22,24). The molecule has 1 N–H and O–H groups in total. The number of carbonyl (C=O) groups is 1. The molecule has 3 rings (SSSR count). The van der Waals surface area contributed by atoms with E-state index in [1.807, 2.05) is 30.3 Å². The van der Waals surface area contributed by atoms with Gasteiger partial charge in [0.05, 0.1) is 6.54 Å². The number of rotatable bonds is 6. The topological polar surface area (TPSA) is 59.8 Å². The second kappa shape index (κ2) is 7.50. The fourth-order valence-electron chi connectivity index (χ4n) is 2.34. The van der Waals surface area contributed by atoms with Crippen LogP contribution in [-0.2, 0) is 17.8 Å². The normalized spacial score (nSPS) is 10.5. The third-order valence-corrected chi connectivity index (χ3v) is 3.55. The Morgan fingerprint density at radius 3 is 2.62 bits per heavy atom. The Hall–Kier alpha value is -3.02. The number of carbonyl (C=O) groups excluding carboxylic acids is 1. The number of anilines is 1. The van der Waals surface area contributed by atoms with E-state index in [0.717, 1.165) is 5.56 Å². The van der Waals surface area contributed by atoms with Gasteiger partial charge in [-0.2, -0.15) is 0 Å². The van der Waals surface area contributed by atoms with Crippen LogP contribution in [0.25, 0.3) is 0 Å². The molecule has 0 aliphatic heterocycles. The van der Waals surface area contributed by atoms with Gasteiger partial charge in [-0.25, -0.2) is 14.1 Å². The maximum absolute atomic E-state index is 13.5. The van der Waals surface area contributed by atoms with Crippen LogP contribution in [0.4, 0.5) is 10.3 Å². The molecule has 24 heavy (non-hydrogen) atoms. The third-order valence-electron chi connectivity index (χ3n) is 3.55. The van der Waals surface area contributed by atoms with E-state index in [4.69, 9.17) is 0 Å². The number of benzene rings is 2. The molecular weight excluding hydrogens is 307 g/mol. The maximum Gasteiger partial charge on any atom is 0.248 e. The molecule has 0 aliphatic rings. The quantitative estimate of drug-likeness (QED) is 0.758. The summed E-state index contributed by atoms with van der Waals surface area (Å²) in [4.78, 5) is 16.0. The van der Waals surface area contributed by atoms with Crippen molar-refractivity contribution < 1.29 is 9.18 Å². The molecule has 5 nitrogen and oxygen atoms in total. The highest BCUT2D eigenvalue weighted by atomic mass is 19.1. The zero-order valence-electron chi connectivity index (χ0n) is 13.0. The van der Waals surface area contributed by atoms with E-state index >= 15 is 0 Å². The van der Waals surface area contributed by atoms with Crippen LogP contribution in [0, 0.1) is 5.82 Å². The molecule has 0 atom stereocenters. The number of aryl methyl sites for hydroxylation is 1. The van der Waals surface area contributed by atoms with E-state index in [2.05, 4.69) is 15.4 Å². The molecular formula is C18H17FN4O. The Balaban J connectivity index is 1.53. The number of aromatic nitrogens is 3. The second-order valence-electron chi connectivity index (χ2n) is 5.39. The van der Waals surface area contributed by atoms with Crippen molar-refractivity contribution in [1.29, 1.82) is 0 Å². The lowest BCUT2D eigenvalue weighted by molar-refractivity contribution is -0.116. The van der Waals surface area contributed by atoms with Gasteiger partial charge in [0, 0.05) is 6.42 Å². The fraction of sp³-hybridized carbons (Fsp3) is 0.167. The molecule has 6 heteroatoms. The Kier molecular flexibility index (Phi) is 4.96. The molecule has 1 amide bonds. The predicted molar refractivity (Wildman–Crippen MR) is 88.9 cm³/mol. The summed E-state index contributed by atoms with van der Waals surface area (Å²) in [5.41, 5.74) is 1.62. The predicted octanol–water partition coefficient (Wildman–Crippen LogP) is 3.04. The molecule has 0 saturated carbocycles. The van der Waals surface area contributed by atoms with Gasteiger partial charge in [-0.15, -0.1) is 5.10 Å². The van der Waals surface area contributed by atoms with Crippen LogP contribution in [0.3, 0.4) is 0 Å². The molecule has 122 valence electrons. The smallest absolute Gasteiger partial charge is 0.248 e. The Morgan fingerprint density at radius 2 is 1.83 bits per heavy atom. The van der Waals surface area contributed by atoms with Gasteiger partial charge >= 0.3 is 0 Å². The molecule has 0 saturated heterocycles. The highest BCUT2D eigenvalue weighted by Crippen LogP contribution is 2.10. The van der Waals surface area contributed by atoms with E-state index in [9.17, 15) is 9.18 Å². The molecule has 2 aromatic carbocycles. The lowest BCUT2D eigenvalue weighted by Crippen LogP contribution is -2.14. The van der Waals surface area contributed by atoms with Gasteiger partial charge in [-0.3, -0.25) is 10.1 Å². The van der Waals surface area contributed by atoms with E-state index in [1.54, 1.807) is 29.2 Å². The minimum absolute atomic E-state index is 0.175. The number of halogens is 1. The van der Waals surface area contributed by atoms with Gasteiger partial charge in [-0.05, 0) is 23.6 Å². The monoisotopic (exact) mass is 324 g/mol. The molecule has 0 aliphatic carbocycles. The number of hydrogen-bond donors (Lipinski definition) is 1. The number of hydrogen-bond acceptors (Lipinski definition) is 3. The summed E-state index contributed by atoms with van der Waals surface area (Å²) in [6.45, 7) is 0.582. The van der Waals surface area contributed by atoms with Crippen molar-refractivity contribution in [1.82, 2.24) is 14.8 Å². The van der Waals surface area contributed by atoms with Crippen LogP contribution in [0.2, 0.25) is 0 Å². The summed E-state index contributed by atoms with van der Waals surface area (Å²) in [6.07, 6.45) is 2.08. The van der Waals surface area contributed by atoms with E-state index in [1.165, 1.54) is 6.07 Å². The second-order valence-corrected chi connectivity index (χ2v) is 5.39.